The van der Waals surface area contributed by atoms with Crippen LogP contribution in [0.5, 0.6) is 0 Å². The molecule has 5 heteroatoms. The van der Waals surface area contributed by atoms with Gasteiger partial charge in [0, 0.05) is 57.2 Å². The Morgan fingerprint density at radius 3 is 2.56 bits per heavy atom. The Hall–Kier alpha value is -2.56. The first kappa shape index (κ1) is 17.3. The number of para-hydroxylation sites is 1. The van der Waals surface area contributed by atoms with Gasteiger partial charge >= 0.3 is 0 Å². The van der Waals surface area contributed by atoms with Crippen molar-refractivity contribution >= 4 is 11.6 Å². The third kappa shape index (κ3) is 3.92. The zero-order chi connectivity index (χ0) is 17.8. The van der Waals surface area contributed by atoms with Crippen LogP contribution in [0.15, 0.2) is 47.4 Å². The molecule has 0 spiro atoms. The Morgan fingerprint density at radius 2 is 1.84 bits per heavy atom. The first-order chi connectivity index (χ1) is 12.1. The maximum absolute atomic E-state index is 12.7. The molecule has 2 heterocycles. The van der Waals surface area contributed by atoms with E-state index in [1.807, 2.05) is 6.07 Å². The number of pyridine rings is 1. The minimum atomic E-state index is -0.173. The van der Waals surface area contributed by atoms with Crippen molar-refractivity contribution in [1.29, 1.82) is 0 Å². The van der Waals surface area contributed by atoms with E-state index in [0.717, 1.165) is 18.7 Å². The second-order valence-electron chi connectivity index (χ2n) is 6.70. The van der Waals surface area contributed by atoms with Crippen molar-refractivity contribution in [2.24, 2.45) is 7.05 Å². The van der Waals surface area contributed by atoms with E-state index in [1.54, 1.807) is 31.3 Å². The molecule has 0 atom stereocenters. The molecule has 1 amide bonds. The summed E-state index contributed by atoms with van der Waals surface area (Å²) in [6.07, 6.45) is 5.36. The number of aryl methyl sites for hydroxylation is 1. The third-order valence-electron chi connectivity index (χ3n) is 4.79. The van der Waals surface area contributed by atoms with Crippen molar-refractivity contribution in [2.45, 2.75) is 25.8 Å². The van der Waals surface area contributed by atoms with Gasteiger partial charge in [-0.3, -0.25) is 9.59 Å². The molecule has 1 saturated heterocycles. The monoisotopic (exact) mass is 339 g/mol. The predicted molar refractivity (Wildman–Crippen MR) is 100.0 cm³/mol. The fourth-order valence-electron chi connectivity index (χ4n) is 3.32. The number of carbonyl (C=O) groups excluding carboxylic acids is 1. The van der Waals surface area contributed by atoms with Crippen LogP contribution in [0, 0.1) is 0 Å². The Bertz CT molecular complexity index is 807. The summed E-state index contributed by atoms with van der Waals surface area (Å²) in [5.41, 5.74) is 2.61. The molecular formula is C20H25N3O2. The molecule has 25 heavy (non-hydrogen) atoms. The highest BCUT2D eigenvalue weighted by Crippen LogP contribution is 2.25. The number of rotatable bonds is 4. The van der Waals surface area contributed by atoms with Crippen molar-refractivity contribution in [1.82, 2.24) is 9.47 Å². The predicted octanol–water partition coefficient (Wildman–Crippen LogP) is 2.65. The van der Waals surface area contributed by atoms with Crippen LogP contribution in [0.3, 0.4) is 0 Å². The van der Waals surface area contributed by atoms with E-state index in [9.17, 15) is 9.59 Å². The highest BCUT2D eigenvalue weighted by Gasteiger charge is 2.18. The van der Waals surface area contributed by atoms with E-state index in [-0.39, 0.29) is 11.5 Å². The lowest BCUT2D eigenvalue weighted by Crippen LogP contribution is -2.32. The maximum atomic E-state index is 12.7. The van der Waals surface area contributed by atoms with Crippen LogP contribution in [0.2, 0.25) is 0 Å². The van der Waals surface area contributed by atoms with Gasteiger partial charge < -0.3 is 14.4 Å². The number of amides is 1. The van der Waals surface area contributed by atoms with Crippen LogP contribution >= 0.6 is 0 Å². The number of benzene rings is 1. The fourth-order valence-corrected chi connectivity index (χ4v) is 3.32. The molecule has 5 nitrogen and oxygen atoms in total. The molecule has 1 aromatic heterocycles. The molecule has 2 aromatic rings. The average molecular weight is 339 g/mol. The number of hydrogen-bond donors (Lipinski definition) is 0. The van der Waals surface area contributed by atoms with Crippen LogP contribution in [0.4, 0.5) is 5.69 Å². The molecule has 1 aliphatic heterocycles. The van der Waals surface area contributed by atoms with E-state index in [2.05, 4.69) is 23.1 Å². The number of hydrogen-bond acceptors (Lipinski definition) is 3. The van der Waals surface area contributed by atoms with Crippen LogP contribution in [0.1, 0.15) is 35.2 Å². The van der Waals surface area contributed by atoms with Gasteiger partial charge in [-0.25, -0.2) is 0 Å². The van der Waals surface area contributed by atoms with Crippen molar-refractivity contribution in [3.63, 3.8) is 0 Å². The molecule has 0 aliphatic carbocycles. The summed E-state index contributed by atoms with van der Waals surface area (Å²) in [6.45, 7) is 2.67. The number of nitrogens with zero attached hydrogens (tertiary/aromatic N) is 3. The van der Waals surface area contributed by atoms with Crippen LogP contribution in [-0.4, -0.2) is 35.5 Å². The van der Waals surface area contributed by atoms with Crippen LogP contribution in [0.25, 0.3) is 0 Å². The van der Waals surface area contributed by atoms with Gasteiger partial charge in [-0.1, -0.05) is 18.2 Å². The molecule has 1 aliphatic rings. The highest BCUT2D eigenvalue weighted by atomic mass is 16.2. The number of carbonyl (C=O) groups is 1. The minimum absolute atomic E-state index is 0.133. The first-order valence-corrected chi connectivity index (χ1v) is 8.81. The summed E-state index contributed by atoms with van der Waals surface area (Å²) in [6, 6.07) is 11.4. The topological polar surface area (TPSA) is 45.5 Å². The average Bonchev–Trinajstić information content (AvgIpc) is 2.64. The molecule has 0 radical (unpaired) electrons. The van der Waals surface area contributed by atoms with Crippen molar-refractivity contribution < 1.29 is 4.79 Å². The lowest BCUT2D eigenvalue weighted by atomic mass is 10.1. The van der Waals surface area contributed by atoms with E-state index in [4.69, 9.17) is 0 Å². The standard InChI is InChI=1S/C20H25N3O2/c1-21-13-10-16(14-19(21)24)20(25)22(2)15-17-8-4-5-9-18(17)23-11-6-3-7-12-23/h4-5,8-10,13-14H,3,6-7,11-12,15H2,1-2H3. The first-order valence-electron chi connectivity index (χ1n) is 8.81. The van der Waals surface area contributed by atoms with Gasteiger partial charge in [-0.2, -0.15) is 0 Å². The zero-order valence-corrected chi connectivity index (χ0v) is 14.9. The zero-order valence-electron chi connectivity index (χ0n) is 14.9. The molecular weight excluding hydrogens is 314 g/mol. The highest BCUT2D eigenvalue weighted by molar-refractivity contribution is 5.93. The minimum Gasteiger partial charge on any atom is -0.371 e. The second kappa shape index (κ2) is 7.55. The smallest absolute Gasteiger partial charge is 0.254 e. The molecule has 132 valence electrons. The van der Waals surface area contributed by atoms with Gasteiger partial charge in [-0.15, -0.1) is 0 Å². The van der Waals surface area contributed by atoms with E-state index >= 15 is 0 Å². The molecule has 1 aromatic carbocycles. The Labute approximate surface area is 148 Å². The van der Waals surface area contributed by atoms with Gasteiger partial charge in [-0.05, 0) is 37.0 Å². The third-order valence-corrected chi connectivity index (χ3v) is 4.79. The van der Waals surface area contributed by atoms with Crippen LogP contribution in [-0.2, 0) is 13.6 Å². The number of aromatic nitrogens is 1. The Kier molecular flexibility index (Phi) is 5.22. The van der Waals surface area contributed by atoms with Gasteiger partial charge in [0.15, 0.2) is 0 Å². The lowest BCUT2D eigenvalue weighted by molar-refractivity contribution is 0.0785. The summed E-state index contributed by atoms with van der Waals surface area (Å²) in [4.78, 5) is 28.5. The molecule has 0 N–H and O–H groups in total. The Morgan fingerprint density at radius 1 is 1.12 bits per heavy atom. The quantitative estimate of drug-likeness (QED) is 0.860. The molecule has 0 saturated carbocycles. The van der Waals surface area contributed by atoms with Crippen molar-refractivity contribution in [3.05, 3.63) is 64.1 Å². The van der Waals surface area contributed by atoms with Gasteiger partial charge in [0.25, 0.3) is 11.5 Å². The van der Waals surface area contributed by atoms with Crippen molar-refractivity contribution in [2.75, 3.05) is 25.0 Å². The number of anilines is 1. The maximum Gasteiger partial charge on any atom is 0.254 e. The fraction of sp³-hybridized carbons (Fsp3) is 0.400. The SMILES string of the molecule is CN(Cc1ccccc1N1CCCCC1)C(=O)c1ccn(C)c(=O)c1. The molecule has 1 fully saturated rings. The Balaban J connectivity index is 1.78. The van der Waals surface area contributed by atoms with Gasteiger partial charge in [0.05, 0.1) is 0 Å². The summed E-state index contributed by atoms with van der Waals surface area (Å²) in [7, 11) is 3.46. The van der Waals surface area contributed by atoms with Gasteiger partial charge in [0.2, 0.25) is 0 Å². The summed E-state index contributed by atoms with van der Waals surface area (Å²) < 4.78 is 1.46. The number of piperidine rings is 1. The molecule has 0 bridgehead atoms. The molecule has 0 unspecified atom stereocenters. The summed E-state index contributed by atoms with van der Waals surface area (Å²) in [5.74, 6) is -0.133. The van der Waals surface area contributed by atoms with E-state index < -0.39 is 0 Å². The largest absolute Gasteiger partial charge is 0.371 e. The summed E-state index contributed by atoms with van der Waals surface area (Å²) >= 11 is 0. The summed E-state index contributed by atoms with van der Waals surface area (Å²) in [5, 5.41) is 0. The van der Waals surface area contributed by atoms with Crippen LogP contribution < -0.4 is 10.5 Å². The van der Waals surface area contributed by atoms with Crippen molar-refractivity contribution in [3.8, 4) is 0 Å². The van der Waals surface area contributed by atoms with E-state index in [1.165, 1.54) is 35.6 Å². The van der Waals surface area contributed by atoms with E-state index in [0.29, 0.717) is 12.1 Å². The normalized spacial score (nSPS) is 14.4. The second-order valence-corrected chi connectivity index (χ2v) is 6.70. The lowest BCUT2D eigenvalue weighted by Gasteiger charge is -2.31. The van der Waals surface area contributed by atoms with Gasteiger partial charge in [0.1, 0.15) is 0 Å². The molecule has 3 rings (SSSR count).